The van der Waals surface area contributed by atoms with Crippen molar-refractivity contribution in [1.29, 1.82) is 0 Å². The summed E-state index contributed by atoms with van der Waals surface area (Å²) in [4.78, 5) is 0. The van der Waals surface area contributed by atoms with Crippen molar-refractivity contribution in [2.24, 2.45) is 5.41 Å². The highest BCUT2D eigenvalue weighted by atomic mass is 32.2. The molecular weight excluding hydrogens is 196 g/mol. The summed E-state index contributed by atoms with van der Waals surface area (Å²) in [5, 5.41) is 0. The van der Waals surface area contributed by atoms with Crippen LogP contribution in [0.4, 0.5) is 0 Å². The summed E-state index contributed by atoms with van der Waals surface area (Å²) in [7, 11) is 0. The molecule has 2 heteroatoms. The molecule has 0 spiro atoms. The third-order valence-corrected chi connectivity index (χ3v) is 5.01. The van der Waals surface area contributed by atoms with Crippen molar-refractivity contribution in [3.8, 4) is 0 Å². The van der Waals surface area contributed by atoms with Crippen LogP contribution >= 0.6 is 24.4 Å². The molecule has 13 heavy (non-hydrogen) atoms. The number of thiol groups is 1. The standard InChI is InChI=1S/C11H22S2/c1-2-13-10-11(9-12)7-5-3-4-6-8-11/h12H,2-10H2,1H3. The Hall–Kier alpha value is 0.700. The third-order valence-electron chi connectivity index (χ3n) is 3.11. The van der Waals surface area contributed by atoms with Gasteiger partial charge in [0.05, 0.1) is 0 Å². The average Bonchev–Trinajstić information content (AvgIpc) is 2.41. The van der Waals surface area contributed by atoms with Gasteiger partial charge in [0.1, 0.15) is 0 Å². The lowest BCUT2D eigenvalue weighted by molar-refractivity contribution is 0.332. The van der Waals surface area contributed by atoms with Crippen LogP contribution in [0.5, 0.6) is 0 Å². The van der Waals surface area contributed by atoms with Gasteiger partial charge in [0, 0.05) is 0 Å². The third kappa shape index (κ3) is 3.75. The van der Waals surface area contributed by atoms with E-state index in [0.29, 0.717) is 5.41 Å². The van der Waals surface area contributed by atoms with Gasteiger partial charge in [-0.05, 0) is 35.5 Å². The average molecular weight is 218 g/mol. The zero-order valence-electron chi connectivity index (χ0n) is 8.72. The molecule has 1 aliphatic carbocycles. The summed E-state index contributed by atoms with van der Waals surface area (Å²) >= 11 is 6.66. The second kappa shape index (κ2) is 6.23. The SMILES string of the molecule is CCSCC1(CS)CCCCCC1. The van der Waals surface area contributed by atoms with Crippen molar-refractivity contribution in [2.75, 3.05) is 17.3 Å². The highest BCUT2D eigenvalue weighted by Gasteiger charge is 2.28. The van der Waals surface area contributed by atoms with Gasteiger partial charge >= 0.3 is 0 Å². The van der Waals surface area contributed by atoms with Gasteiger partial charge in [-0.3, -0.25) is 0 Å². The van der Waals surface area contributed by atoms with Gasteiger partial charge in [0.15, 0.2) is 0 Å². The summed E-state index contributed by atoms with van der Waals surface area (Å²) in [5.41, 5.74) is 0.584. The lowest BCUT2D eigenvalue weighted by atomic mass is 9.84. The first kappa shape index (κ1) is 11.8. The summed E-state index contributed by atoms with van der Waals surface area (Å²) in [6.45, 7) is 2.26. The second-order valence-corrected chi connectivity index (χ2v) is 5.80. The monoisotopic (exact) mass is 218 g/mol. The van der Waals surface area contributed by atoms with Gasteiger partial charge in [-0.1, -0.05) is 32.6 Å². The summed E-state index contributed by atoms with van der Waals surface area (Å²) in [5.74, 6) is 3.70. The van der Waals surface area contributed by atoms with E-state index in [1.165, 1.54) is 50.0 Å². The molecule has 1 fully saturated rings. The van der Waals surface area contributed by atoms with Crippen molar-refractivity contribution in [3.63, 3.8) is 0 Å². The molecule has 78 valence electrons. The molecule has 1 rings (SSSR count). The maximum absolute atomic E-state index is 4.56. The van der Waals surface area contributed by atoms with Crippen LogP contribution in [0.1, 0.15) is 45.4 Å². The largest absolute Gasteiger partial charge is 0.179 e. The predicted octanol–water partition coefficient (Wildman–Crippen LogP) is 4.01. The Morgan fingerprint density at radius 1 is 1.15 bits per heavy atom. The molecule has 0 saturated heterocycles. The topological polar surface area (TPSA) is 0 Å². The van der Waals surface area contributed by atoms with Crippen molar-refractivity contribution < 1.29 is 0 Å². The minimum absolute atomic E-state index is 0.584. The Morgan fingerprint density at radius 2 is 1.77 bits per heavy atom. The predicted molar refractivity (Wildman–Crippen MR) is 67.0 cm³/mol. The van der Waals surface area contributed by atoms with E-state index < -0.39 is 0 Å². The molecule has 0 aliphatic heterocycles. The summed E-state index contributed by atoms with van der Waals surface area (Å²) in [6, 6.07) is 0. The van der Waals surface area contributed by atoms with Gasteiger partial charge in [0.25, 0.3) is 0 Å². The van der Waals surface area contributed by atoms with E-state index in [1.54, 1.807) is 0 Å². The van der Waals surface area contributed by atoms with Crippen LogP contribution in [0.3, 0.4) is 0 Å². The van der Waals surface area contributed by atoms with E-state index in [1.807, 2.05) is 0 Å². The Bertz CT molecular complexity index is 126. The molecule has 1 saturated carbocycles. The van der Waals surface area contributed by atoms with Crippen LogP contribution in [0.25, 0.3) is 0 Å². The Labute approximate surface area is 92.7 Å². The number of rotatable bonds is 4. The Morgan fingerprint density at radius 3 is 2.23 bits per heavy atom. The number of hydrogen-bond acceptors (Lipinski definition) is 2. The second-order valence-electron chi connectivity index (χ2n) is 4.21. The first-order valence-corrected chi connectivity index (χ1v) is 7.30. The van der Waals surface area contributed by atoms with Gasteiger partial charge in [-0.15, -0.1) is 0 Å². The lowest BCUT2D eigenvalue weighted by Gasteiger charge is -2.30. The zero-order chi connectivity index (χ0) is 9.57. The van der Waals surface area contributed by atoms with Gasteiger partial charge < -0.3 is 0 Å². The first-order valence-electron chi connectivity index (χ1n) is 5.51. The Balaban J connectivity index is 2.43. The fraction of sp³-hybridized carbons (Fsp3) is 1.00. The molecule has 0 aromatic rings. The molecule has 0 aromatic carbocycles. The first-order chi connectivity index (χ1) is 6.33. The van der Waals surface area contributed by atoms with Crippen LogP contribution in [0.2, 0.25) is 0 Å². The summed E-state index contributed by atoms with van der Waals surface area (Å²) in [6.07, 6.45) is 8.61. The fourth-order valence-corrected chi connectivity index (χ4v) is 3.75. The van der Waals surface area contributed by atoms with E-state index in [9.17, 15) is 0 Å². The van der Waals surface area contributed by atoms with Gasteiger partial charge in [-0.25, -0.2) is 0 Å². The van der Waals surface area contributed by atoms with Crippen LogP contribution < -0.4 is 0 Å². The van der Waals surface area contributed by atoms with Crippen molar-refractivity contribution >= 4 is 24.4 Å². The molecule has 1 aliphatic rings. The van der Waals surface area contributed by atoms with Gasteiger partial charge in [0.2, 0.25) is 0 Å². The fourth-order valence-electron chi connectivity index (χ4n) is 2.15. The molecule has 0 radical (unpaired) electrons. The van der Waals surface area contributed by atoms with Crippen LogP contribution in [-0.4, -0.2) is 17.3 Å². The molecule has 0 atom stereocenters. The molecule has 0 bridgehead atoms. The van der Waals surface area contributed by atoms with E-state index in [0.717, 1.165) is 5.75 Å². The Kier molecular flexibility index (Phi) is 5.65. The van der Waals surface area contributed by atoms with E-state index >= 15 is 0 Å². The van der Waals surface area contributed by atoms with Crippen LogP contribution in [0.15, 0.2) is 0 Å². The van der Waals surface area contributed by atoms with Crippen LogP contribution in [0, 0.1) is 5.41 Å². The molecule has 0 nitrogen and oxygen atoms in total. The van der Waals surface area contributed by atoms with E-state index in [2.05, 4.69) is 31.3 Å². The number of hydrogen-bond donors (Lipinski definition) is 1. The molecule has 0 aromatic heterocycles. The van der Waals surface area contributed by atoms with Crippen molar-refractivity contribution in [1.82, 2.24) is 0 Å². The zero-order valence-corrected chi connectivity index (χ0v) is 10.4. The van der Waals surface area contributed by atoms with Gasteiger partial charge in [-0.2, -0.15) is 24.4 Å². The molecule has 0 unspecified atom stereocenters. The maximum atomic E-state index is 4.56. The van der Waals surface area contributed by atoms with Crippen molar-refractivity contribution in [3.05, 3.63) is 0 Å². The minimum atomic E-state index is 0.584. The van der Waals surface area contributed by atoms with E-state index in [4.69, 9.17) is 0 Å². The molecule has 0 amide bonds. The normalized spacial score (nSPS) is 22.6. The minimum Gasteiger partial charge on any atom is -0.179 e. The van der Waals surface area contributed by atoms with Crippen LogP contribution in [-0.2, 0) is 0 Å². The van der Waals surface area contributed by atoms with E-state index in [-0.39, 0.29) is 0 Å². The molecular formula is C11H22S2. The highest BCUT2D eigenvalue weighted by Crippen LogP contribution is 2.38. The highest BCUT2D eigenvalue weighted by molar-refractivity contribution is 7.99. The summed E-state index contributed by atoms with van der Waals surface area (Å²) < 4.78 is 0. The van der Waals surface area contributed by atoms with Crippen molar-refractivity contribution in [2.45, 2.75) is 45.4 Å². The molecule has 0 heterocycles. The lowest BCUT2D eigenvalue weighted by Crippen LogP contribution is -2.25. The molecule has 0 N–H and O–H groups in total. The smallest absolute Gasteiger partial charge is 0.000310 e. The quantitative estimate of drug-likeness (QED) is 0.549. The maximum Gasteiger partial charge on any atom is -0.000310 e. The number of thioether (sulfide) groups is 1.